The summed E-state index contributed by atoms with van der Waals surface area (Å²) in [6.45, 7) is 0. The van der Waals surface area contributed by atoms with E-state index in [-0.39, 0.29) is 17.8 Å². The van der Waals surface area contributed by atoms with Gasteiger partial charge in [-0.25, -0.2) is 9.30 Å². The number of aromatic hydroxyl groups is 1. The normalized spacial score (nSPS) is 18.5. The summed E-state index contributed by atoms with van der Waals surface area (Å²) < 4.78 is 3.13. The van der Waals surface area contributed by atoms with Gasteiger partial charge in [0, 0.05) is 22.9 Å². The molecule has 0 radical (unpaired) electrons. The van der Waals surface area contributed by atoms with Crippen LogP contribution in [0.25, 0.3) is 22.5 Å². The molecule has 1 fully saturated rings. The fourth-order valence-electron chi connectivity index (χ4n) is 4.81. The molecule has 0 amide bonds. The first-order valence-corrected chi connectivity index (χ1v) is 11.5. The van der Waals surface area contributed by atoms with Gasteiger partial charge in [0.05, 0.1) is 6.04 Å². The minimum atomic E-state index is 0.0249. The summed E-state index contributed by atoms with van der Waals surface area (Å²) in [5, 5.41) is 23.4. The van der Waals surface area contributed by atoms with Crippen molar-refractivity contribution in [3.8, 4) is 28.3 Å². The Labute approximate surface area is 193 Å². The fraction of sp³-hybridized carbons (Fsp3) is 0.214. The Hall–Kier alpha value is -3.86. The Balaban J connectivity index is 1.61. The predicted octanol–water partition coefficient (Wildman–Crippen LogP) is 5.76. The number of phenolic OH excluding ortho intramolecular Hbond substituents is 1. The van der Waals surface area contributed by atoms with Crippen LogP contribution < -0.4 is 4.73 Å². The van der Waals surface area contributed by atoms with Gasteiger partial charge >= 0.3 is 0 Å². The average Bonchev–Trinajstić information content (AvgIpc) is 3.21. The van der Waals surface area contributed by atoms with Gasteiger partial charge in [-0.05, 0) is 31.4 Å². The minimum Gasteiger partial charge on any atom is -0.710 e. The van der Waals surface area contributed by atoms with E-state index in [0.717, 1.165) is 47.2 Å². The molecule has 2 atom stereocenters. The molecule has 1 heterocycles. The van der Waals surface area contributed by atoms with Gasteiger partial charge in [0.1, 0.15) is 11.8 Å². The van der Waals surface area contributed by atoms with Crippen LogP contribution in [0.4, 0.5) is 0 Å². The zero-order valence-electron chi connectivity index (χ0n) is 18.4. The van der Waals surface area contributed by atoms with E-state index in [4.69, 9.17) is 4.99 Å². The summed E-state index contributed by atoms with van der Waals surface area (Å²) in [5.74, 6) is 0.225. The third-order valence-electron chi connectivity index (χ3n) is 6.42. The SMILES string of the molecule is [O-][n+]1cn([C@@H]2CCCC[C@H]2N=Cc2ccccc2O)c(-c2ccccc2)c1-c1ccccc1. The van der Waals surface area contributed by atoms with Crippen LogP contribution in [-0.4, -0.2) is 21.9 Å². The zero-order chi connectivity index (χ0) is 22.6. The summed E-state index contributed by atoms with van der Waals surface area (Å²) in [6.07, 6.45) is 7.55. The van der Waals surface area contributed by atoms with Crippen molar-refractivity contribution in [3.05, 3.63) is 102 Å². The van der Waals surface area contributed by atoms with Gasteiger partial charge in [-0.2, -0.15) is 0 Å². The van der Waals surface area contributed by atoms with Crippen LogP contribution in [0.15, 0.2) is 96.2 Å². The molecule has 1 aliphatic carbocycles. The average molecular weight is 438 g/mol. The maximum atomic E-state index is 13.2. The van der Waals surface area contributed by atoms with Crippen LogP contribution >= 0.6 is 0 Å². The Morgan fingerprint density at radius 3 is 2.21 bits per heavy atom. The number of benzene rings is 3. The highest BCUT2D eigenvalue weighted by molar-refractivity contribution is 5.83. The van der Waals surface area contributed by atoms with Crippen molar-refractivity contribution in [2.75, 3.05) is 0 Å². The summed E-state index contributed by atoms with van der Waals surface area (Å²) in [4.78, 5) is 4.90. The number of phenols is 1. The van der Waals surface area contributed by atoms with Crippen LogP contribution in [0.2, 0.25) is 0 Å². The number of imidazole rings is 1. The standard InChI is InChI=1S/C28H27N3O2/c32-26-18-10-7-15-23(26)19-29-24-16-8-9-17-25(24)30-20-31(33)28(22-13-5-2-6-14-22)27(30)21-11-3-1-4-12-21/h1-7,10-15,18-20,24-25,32H,8-9,16-17H2/t24-,25-/m1/s1. The number of hydrogen-bond donors (Lipinski definition) is 1. The quantitative estimate of drug-likeness (QED) is 0.245. The maximum absolute atomic E-state index is 13.2. The van der Waals surface area contributed by atoms with Crippen molar-refractivity contribution in [2.24, 2.45) is 4.99 Å². The minimum absolute atomic E-state index is 0.0249. The van der Waals surface area contributed by atoms with Crippen LogP contribution in [0, 0.1) is 5.21 Å². The van der Waals surface area contributed by atoms with Gasteiger partial charge in [0.2, 0.25) is 6.33 Å². The van der Waals surface area contributed by atoms with E-state index in [1.165, 1.54) is 0 Å². The summed E-state index contributed by atoms with van der Waals surface area (Å²) in [7, 11) is 0. The molecular weight excluding hydrogens is 410 g/mol. The summed E-state index contributed by atoms with van der Waals surface area (Å²) in [6, 6.07) is 27.3. The van der Waals surface area contributed by atoms with Crippen molar-refractivity contribution >= 4 is 6.21 Å². The van der Waals surface area contributed by atoms with E-state index in [9.17, 15) is 10.3 Å². The molecule has 166 valence electrons. The lowest BCUT2D eigenvalue weighted by Gasteiger charge is -2.27. The third kappa shape index (κ3) is 4.27. The number of para-hydroxylation sites is 1. The van der Waals surface area contributed by atoms with E-state index < -0.39 is 0 Å². The van der Waals surface area contributed by atoms with Crippen LogP contribution in [0.3, 0.4) is 0 Å². The molecule has 1 saturated carbocycles. The van der Waals surface area contributed by atoms with E-state index in [0.29, 0.717) is 11.3 Å². The second-order valence-electron chi connectivity index (χ2n) is 8.53. The van der Waals surface area contributed by atoms with Crippen LogP contribution in [0.5, 0.6) is 5.75 Å². The highest BCUT2D eigenvalue weighted by Gasteiger charge is 2.35. The molecule has 33 heavy (non-hydrogen) atoms. The van der Waals surface area contributed by atoms with Crippen molar-refractivity contribution in [2.45, 2.75) is 37.8 Å². The number of nitrogens with zero attached hydrogens (tertiary/aromatic N) is 3. The van der Waals surface area contributed by atoms with Gasteiger partial charge in [0.25, 0.3) is 0 Å². The van der Waals surface area contributed by atoms with Gasteiger partial charge in [-0.1, -0.05) is 79.2 Å². The predicted molar refractivity (Wildman–Crippen MR) is 131 cm³/mol. The second kappa shape index (κ2) is 9.33. The number of aliphatic imine (C=N–C) groups is 1. The largest absolute Gasteiger partial charge is 0.710 e. The van der Waals surface area contributed by atoms with E-state index >= 15 is 0 Å². The zero-order valence-corrected chi connectivity index (χ0v) is 18.4. The monoisotopic (exact) mass is 437 g/mol. The third-order valence-corrected chi connectivity index (χ3v) is 6.42. The molecule has 5 nitrogen and oxygen atoms in total. The molecule has 5 heteroatoms. The Morgan fingerprint density at radius 2 is 1.48 bits per heavy atom. The molecule has 1 aromatic heterocycles. The van der Waals surface area contributed by atoms with Crippen molar-refractivity contribution in [1.82, 2.24) is 4.57 Å². The molecule has 0 bridgehead atoms. The molecule has 0 saturated heterocycles. The molecule has 1 N–H and O–H groups in total. The van der Waals surface area contributed by atoms with E-state index in [1.54, 1.807) is 24.7 Å². The topological polar surface area (TPSA) is 64.5 Å². The smallest absolute Gasteiger partial charge is 0.248 e. The second-order valence-corrected chi connectivity index (χ2v) is 8.53. The molecule has 5 rings (SSSR count). The van der Waals surface area contributed by atoms with Crippen LogP contribution in [-0.2, 0) is 0 Å². The fourth-order valence-corrected chi connectivity index (χ4v) is 4.81. The lowest BCUT2D eigenvalue weighted by Crippen LogP contribution is -2.29. The Kier molecular flexibility index (Phi) is 5.94. The molecule has 4 aromatic rings. The van der Waals surface area contributed by atoms with Crippen molar-refractivity contribution in [3.63, 3.8) is 0 Å². The first-order chi connectivity index (χ1) is 16.2. The molecule has 3 aromatic carbocycles. The highest BCUT2D eigenvalue weighted by atomic mass is 16.5. The van der Waals surface area contributed by atoms with Crippen LogP contribution in [0.1, 0.15) is 37.3 Å². The molecule has 0 aliphatic heterocycles. The highest BCUT2D eigenvalue weighted by Crippen LogP contribution is 2.38. The van der Waals surface area contributed by atoms with Gasteiger partial charge in [0.15, 0.2) is 11.4 Å². The molecule has 0 spiro atoms. The number of rotatable bonds is 5. The molecular formula is C28H27N3O2. The van der Waals surface area contributed by atoms with Gasteiger partial charge in [-0.15, -0.1) is 0 Å². The van der Waals surface area contributed by atoms with Crippen molar-refractivity contribution in [1.29, 1.82) is 0 Å². The maximum Gasteiger partial charge on any atom is 0.248 e. The number of hydrogen-bond acceptors (Lipinski definition) is 3. The lowest BCUT2D eigenvalue weighted by molar-refractivity contribution is -0.593. The van der Waals surface area contributed by atoms with Gasteiger partial charge < -0.3 is 10.3 Å². The van der Waals surface area contributed by atoms with E-state index in [2.05, 4.69) is 16.7 Å². The van der Waals surface area contributed by atoms with Gasteiger partial charge in [-0.3, -0.25) is 4.99 Å². The molecule has 1 aliphatic rings. The lowest BCUT2D eigenvalue weighted by atomic mass is 9.89. The van der Waals surface area contributed by atoms with Crippen molar-refractivity contribution < 1.29 is 9.84 Å². The first-order valence-electron chi connectivity index (χ1n) is 11.5. The first kappa shape index (κ1) is 21.0. The molecule has 0 unspecified atom stereocenters. The Bertz CT molecular complexity index is 1250. The summed E-state index contributed by atoms with van der Waals surface area (Å²) >= 11 is 0. The Morgan fingerprint density at radius 1 is 0.848 bits per heavy atom. The number of aromatic nitrogens is 2. The summed E-state index contributed by atoms with van der Waals surface area (Å²) in [5.41, 5.74) is 4.21. The van der Waals surface area contributed by atoms with E-state index in [1.807, 2.05) is 60.7 Å².